The summed E-state index contributed by atoms with van der Waals surface area (Å²) in [5.74, 6) is 0.547. The number of halogens is 1. The van der Waals surface area contributed by atoms with Gasteiger partial charge in [0, 0.05) is 23.8 Å². The molecule has 0 saturated carbocycles. The summed E-state index contributed by atoms with van der Waals surface area (Å²) in [4.78, 5) is 30.0. The summed E-state index contributed by atoms with van der Waals surface area (Å²) in [6, 6.07) is 11.4. The van der Waals surface area contributed by atoms with Crippen molar-refractivity contribution in [3.8, 4) is 11.5 Å². The quantitative estimate of drug-likeness (QED) is 0.478. The molecule has 0 bridgehead atoms. The highest BCUT2D eigenvalue weighted by molar-refractivity contribution is 7.99. The number of rotatable bonds is 6. The van der Waals surface area contributed by atoms with E-state index in [1.807, 2.05) is 6.07 Å². The van der Waals surface area contributed by atoms with Crippen molar-refractivity contribution in [1.29, 1.82) is 0 Å². The SMILES string of the molecule is O=C(Cn1nc2c(Sc3cccc(F)c3)nccn2c1=O)NCc1ccc2c(c1)OCO2. The van der Waals surface area contributed by atoms with Gasteiger partial charge >= 0.3 is 5.69 Å². The van der Waals surface area contributed by atoms with Crippen LogP contribution in [0.1, 0.15) is 5.56 Å². The Hall–Kier alpha value is -3.86. The number of benzene rings is 2. The maximum Gasteiger partial charge on any atom is 0.350 e. The van der Waals surface area contributed by atoms with Crippen LogP contribution >= 0.6 is 11.8 Å². The first-order valence-corrected chi connectivity index (χ1v) is 10.4. The van der Waals surface area contributed by atoms with Gasteiger partial charge in [-0.3, -0.25) is 4.79 Å². The maximum absolute atomic E-state index is 13.5. The monoisotopic (exact) mass is 453 g/mol. The predicted molar refractivity (Wildman–Crippen MR) is 112 cm³/mol. The molecule has 0 radical (unpaired) electrons. The summed E-state index contributed by atoms with van der Waals surface area (Å²) in [7, 11) is 0. The smallest absolute Gasteiger partial charge is 0.350 e. The van der Waals surface area contributed by atoms with E-state index in [0.717, 1.165) is 10.2 Å². The van der Waals surface area contributed by atoms with E-state index in [-0.39, 0.29) is 37.3 Å². The topological polar surface area (TPSA) is 99.8 Å². The van der Waals surface area contributed by atoms with Crippen LogP contribution in [0.3, 0.4) is 0 Å². The number of hydrogen-bond acceptors (Lipinski definition) is 7. The lowest BCUT2D eigenvalue weighted by molar-refractivity contribution is -0.122. The molecule has 0 aliphatic carbocycles. The zero-order chi connectivity index (χ0) is 22.1. The van der Waals surface area contributed by atoms with Crippen LogP contribution in [0.5, 0.6) is 11.5 Å². The van der Waals surface area contributed by atoms with Gasteiger partial charge in [-0.15, -0.1) is 5.10 Å². The van der Waals surface area contributed by atoms with Gasteiger partial charge < -0.3 is 14.8 Å². The Kier molecular flexibility index (Phi) is 5.23. The van der Waals surface area contributed by atoms with Gasteiger partial charge in [-0.25, -0.2) is 23.3 Å². The summed E-state index contributed by atoms with van der Waals surface area (Å²) in [6.45, 7) is 0.186. The van der Waals surface area contributed by atoms with Crippen molar-refractivity contribution in [2.75, 3.05) is 6.79 Å². The molecule has 0 saturated heterocycles. The van der Waals surface area contributed by atoms with Crippen molar-refractivity contribution >= 4 is 23.3 Å². The molecule has 1 N–H and O–H groups in total. The van der Waals surface area contributed by atoms with Gasteiger partial charge in [0.05, 0.1) is 0 Å². The summed E-state index contributed by atoms with van der Waals surface area (Å²) in [5.41, 5.74) is 0.653. The van der Waals surface area contributed by atoms with Crippen LogP contribution in [0, 0.1) is 5.82 Å². The molecule has 1 aliphatic rings. The minimum atomic E-state index is -0.471. The van der Waals surface area contributed by atoms with Crippen LogP contribution in [0.2, 0.25) is 0 Å². The Balaban J connectivity index is 1.31. The third-order valence-corrected chi connectivity index (χ3v) is 5.67. The van der Waals surface area contributed by atoms with Gasteiger partial charge in [0.2, 0.25) is 12.7 Å². The highest BCUT2D eigenvalue weighted by Gasteiger charge is 2.16. The van der Waals surface area contributed by atoms with Crippen LogP contribution in [0.15, 0.2) is 69.6 Å². The molecule has 5 rings (SSSR count). The fourth-order valence-corrected chi connectivity index (χ4v) is 4.07. The second-order valence-corrected chi connectivity index (χ2v) is 7.95. The molecule has 0 spiro atoms. The average molecular weight is 453 g/mol. The zero-order valence-corrected chi connectivity index (χ0v) is 17.3. The van der Waals surface area contributed by atoms with E-state index in [9.17, 15) is 14.0 Å². The fraction of sp³-hybridized carbons (Fsp3) is 0.143. The summed E-state index contributed by atoms with van der Waals surface area (Å²) in [5, 5.41) is 7.46. The Morgan fingerprint density at radius 3 is 2.94 bits per heavy atom. The van der Waals surface area contributed by atoms with Crippen molar-refractivity contribution < 1.29 is 18.7 Å². The summed E-state index contributed by atoms with van der Waals surface area (Å²) < 4.78 is 26.5. The zero-order valence-electron chi connectivity index (χ0n) is 16.5. The normalized spacial score (nSPS) is 12.3. The number of ether oxygens (including phenoxy) is 2. The first-order valence-electron chi connectivity index (χ1n) is 9.60. The number of nitrogens with one attached hydrogen (secondary N) is 1. The van der Waals surface area contributed by atoms with Gasteiger partial charge in [0.1, 0.15) is 17.4 Å². The first kappa shape index (κ1) is 20.1. The Morgan fingerprint density at radius 1 is 1.19 bits per heavy atom. The Morgan fingerprint density at radius 2 is 2.06 bits per heavy atom. The minimum Gasteiger partial charge on any atom is -0.454 e. The molecule has 0 unspecified atom stereocenters. The molecule has 1 aliphatic heterocycles. The van der Waals surface area contributed by atoms with Gasteiger partial charge in [-0.05, 0) is 35.9 Å². The summed E-state index contributed by atoms with van der Waals surface area (Å²) in [6.07, 6.45) is 2.93. The van der Waals surface area contributed by atoms with Crippen LogP contribution in [-0.2, 0) is 17.9 Å². The van der Waals surface area contributed by atoms with E-state index in [1.165, 1.54) is 40.7 Å². The van der Waals surface area contributed by atoms with Crippen molar-refractivity contribution in [3.05, 3.63) is 76.7 Å². The molecular formula is C21H16FN5O4S. The van der Waals surface area contributed by atoms with E-state index >= 15 is 0 Å². The van der Waals surface area contributed by atoms with Crippen molar-refractivity contribution in [1.82, 2.24) is 24.5 Å². The highest BCUT2D eigenvalue weighted by atomic mass is 32.2. The molecular weight excluding hydrogens is 437 g/mol. The largest absolute Gasteiger partial charge is 0.454 e. The molecule has 0 atom stereocenters. The molecule has 2 aromatic carbocycles. The third kappa shape index (κ3) is 4.02. The standard InChI is InChI=1S/C21H16FN5O4S/c22-14-2-1-3-15(9-14)32-20-19-25-27(21(29)26(19)7-6-23-20)11-18(28)24-10-13-4-5-16-17(8-13)31-12-30-16/h1-9H,10-12H2,(H,24,28). The molecule has 1 amide bonds. The summed E-state index contributed by atoms with van der Waals surface area (Å²) >= 11 is 1.18. The number of hydrogen-bond donors (Lipinski definition) is 1. The van der Waals surface area contributed by atoms with E-state index in [1.54, 1.807) is 24.3 Å². The second kappa shape index (κ2) is 8.35. The van der Waals surface area contributed by atoms with Gasteiger partial charge in [-0.2, -0.15) is 0 Å². The highest BCUT2D eigenvalue weighted by Crippen LogP contribution is 2.32. The molecule has 4 aromatic rings. The lowest BCUT2D eigenvalue weighted by Gasteiger charge is -2.06. The van der Waals surface area contributed by atoms with Crippen LogP contribution in [0.25, 0.3) is 5.65 Å². The molecule has 2 aromatic heterocycles. The van der Waals surface area contributed by atoms with Crippen molar-refractivity contribution in [2.45, 2.75) is 23.0 Å². The third-order valence-electron chi connectivity index (χ3n) is 4.70. The Bertz CT molecular complexity index is 1390. The Labute approximate surface area is 184 Å². The van der Waals surface area contributed by atoms with Gasteiger partial charge in [0.25, 0.3) is 0 Å². The molecule has 9 nitrogen and oxygen atoms in total. The second-order valence-electron chi connectivity index (χ2n) is 6.89. The van der Waals surface area contributed by atoms with Crippen molar-refractivity contribution in [3.63, 3.8) is 0 Å². The van der Waals surface area contributed by atoms with Gasteiger partial charge in [0.15, 0.2) is 17.1 Å². The van der Waals surface area contributed by atoms with Gasteiger partial charge in [-0.1, -0.05) is 23.9 Å². The number of carbonyl (C=O) groups excluding carboxylic acids is 1. The first-order chi connectivity index (χ1) is 15.6. The van der Waals surface area contributed by atoms with Crippen LogP contribution < -0.4 is 20.5 Å². The van der Waals surface area contributed by atoms with Crippen LogP contribution in [0.4, 0.5) is 4.39 Å². The average Bonchev–Trinajstić information content (AvgIpc) is 3.37. The van der Waals surface area contributed by atoms with E-state index in [4.69, 9.17) is 9.47 Å². The lowest BCUT2D eigenvalue weighted by atomic mass is 10.2. The molecule has 11 heteroatoms. The molecule has 0 fully saturated rings. The molecule has 162 valence electrons. The van der Waals surface area contributed by atoms with E-state index < -0.39 is 5.69 Å². The molecule has 3 heterocycles. The van der Waals surface area contributed by atoms with E-state index in [0.29, 0.717) is 21.4 Å². The number of nitrogens with zero attached hydrogens (tertiary/aromatic N) is 4. The predicted octanol–water partition coefficient (Wildman–Crippen LogP) is 2.23. The number of carbonyl (C=O) groups is 1. The maximum atomic E-state index is 13.5. The minimum absolute atomic E-state index is 0.177. The van der Waals surface area contributed by atoms with E-state index in [2.05, 4.69) is 15.4 Å². The number of fused-ring (bicyclic) bond motifs is 2. The number of aromatic nitrogens is 4. The molecule has 32 heavy (non-hydrogen) atoms. The van der Waals surface area contributed by atoms with Crippen LogP contribution in [-0.4, -0.2) is 31.9 Å². The number of amides is 1. The fourth-order valence-electron chi connectivity index (χ4n) is 3.19. The lowest BCUT2D eigenvalue weighted by Crippen LogP contribution is -2.32. The van der Waals surface area contributed by atoms with Crippen molar-refractivity contribution in [2.24, 2.45) is 0 Å².